The van der Waals surface area contributed by atoms with E-state index in [0.717, 1.165) is 11.1 Å². The number of halogens is 1. The second kappa shape index (κ2) is 9.29. The molecule has 1 saturated heterocycles. The van der Waals surface area contributed by atoms with E-state index in [0.29, 0.717) is 36.0 Å². The second-order valence-corrected chi connectivity index (χ2v) is 10.7. The molecule has 3 aromatic rings. The smallest absolute Gasteiger partial charge is 0.258 e. The minimum absolute atomic E-state index is 0.222. The molecule has 0 atom stereocenters. The molecule has 33 heavy (non-hydrogen) atoms. The van der Waals surface area contributed by atoms with E-state index in [4.69, 9.17) is 11.6 Å². The number of rotatable bonds is 5. The number of nitrogens with zero attached hydrogens (tertiary/aromatic N) is 4. The summed E-state index contributed by atoms with van der Waals surface area (Å²) in [5, 5.41) is 4.77. The van der Waals surface area contributed by atoms with E-state index in [2.05, 4.69) is 5.10 Å². The number of amides is 1. The van der Waals surface area contributed by atoms with Crippen molar-refractivity contribution in [2.24, 2.45) is 0 Å². The lowest BCUT2D eigenvalue weighted by atomic mass is 10.1. The Hall–Kier alpha value is -2.68. The fraction of sp³-hybridized carbons (Fsp3) is 0.333. The van der Waals surface area contributed by atoms with Crippen molar-refractivity contribution in [2.75, 3.05) is 26.2 Å². The minimum atomic E-state index is -3.59. The van der Waals surface area contributed by atoms with Crippen molar-refractivity contribution >= 4 is 27.5 Å². The second-order valence-electron chi connectivity index (χ2n) is 8.40. The maximum Gasteiger partial charge on any atom is 0.258 e. The van der Waals surface area contributed by atoms with Gasteiger partial charge in [0.05, 0.1) is 22.7 Å². The summed E-state index contributed by atoms with van der Waals surface area (Å²) in [6, 6.07) is 14.9. The number of carbonyl (C=O) groups excluding carboxylic acids is 1. The average Bonchev–Trinajstić information content (AvgIpc) is 3.08. The van der Waals surface area contributed by atoms with Crippen molar-refractivity contribution in [3.63, 3.8) is 0 Å². The number of carbonyl (C=O) groups is 1. The number of hydrogen-bond donors (Lipinski definition) is 0. The van der Waals surface area contributed by atoms with Gasteiger partial charge in [-0.05, 0) is 38.5 Å². The number of benzene rings is 2. The average molecular weight is 487 g/mol. The monoisotopic (exact) mass is 486 g/mol. The van der Waals surface area contributed by atoms with Crippen molar-refractivity contribution in [1.29, 1.82) is 0 Å². The van der Waals surface area contributed by atoms with Gasteiger partial charge in [-0.2, -0.15) is 9.40 Å². The maximum atomic E-state index is 13.2. The van der Waals surface area contributed by atoms with Crippen LogP contribution in [-0.4, -0.2) is 59.5 Å². The molecule has 1 aliphatic heterocycles. The Morgan fingerprint density at radius 1 is 0.909 bits per heavy atom. The van der Waals surface area contributed by atoms with Crippen LogP contribution in [0, 0.1) is 20.8 Å². The number of hydrogen-bond acceptors (Lipinski definition) is 4. The quantitative estimate of drug-likeness (QED) is 0.551. The highest BCUT2D eigenvalue weighted by atomic mass is 35.5. The predicted molar refractivity (Wildman–Crippen MR) is 128 cm³/mol. The van der Waals surface area contributed by atoms with Crippen LogP contribution in [0.3, 0.4) is 0 Å². The number of piperazine rings is 1. The fourth-order valence-corrected chi connectivity index (χ4v) is 5.65. The first-order chi connectivity index (χ1) is 15.7. The van der Waals surface area contributed by atoms with Crippen molar-refractivity contribution in [3.8, 4) is 0 Å². The van der Waals surface area contributed by atoms with E-state index in [-0.39, 0.29) is 23.9 Å². The highest BCUT2D eigenvalue weighted by molar-refractivity contribution is 7.89. The van der Waals surface area contributed by atoms with Crippen LogP contribution in [-0.2, 0) is 16.6 Å². The lowest BCUT2D eigenvalue weighted by Crippen LogP contribution is -2.50. The first-order valence-corrected chi connectivity index (χ1v) is 12.6. The fourth-order valence-electron chi connectivity index (χ4n) is 3.92. The molecule has 174 valence electrons. The highest BCUT2D eigenvalue weighted by Crippen LogP contribution is 2.24. The zero-order valence-electron chi connectivity index (χ0n) is 19.0. The van der Waals surface area contributed by atoms with Gasteiger partial charge in [-0.25, -0.2) is 13.1 Å². The van der Waals surface area contributed by atoms with Gasteiger partial charge in [-0.15, -0.1) is 0 Å². The summed E-state index contributed by atoms with van der Waals surface area (Å²) < 4.78 is 28.9. The van der Waals surface area contributed by atoms with Crippen LogP contribution in [0.5, 0.6) is 0 Å². The van der Waals surface area contributed by atoms with Gasteiger partial charge < -0.3 is 4.90 Å². The third-order valence-electron chi connectivity index (χ3n) is 5.92. The van der Waals surface area contributed by atoms with E-state index < -0.39 is 10.0 Å². The Morgan fingerprint density at radius 3 is 2.03 bits per heavy atom. The third-order valence-corrected chi connectivity index (χ3v) is 8.21. The summed E-state index contributed by atoms with van der Waals surface area (Å²) in [7, 11) is -3.59. The maximum absolute atomic E-state index is 13.2. The molecule has 0 spiro atoms. The van der Waals surface area contributed by atoms with Gasteiger partial charge in [-0.1, -0.05) is 59.1 Å². The van der Waals surface area contributed by atoms with E-state index >= 15 is 0 Å². The topological polar surface area (TPSA) is 75.5 Å². The Kier molecular flexibility index (Phi) is 6.61. The Balaban J connectivity index is 1.46. The molecule has 0 N–H and O–H groups in total. The Morgan fingerprint density at radius 2 is 1.45 bits per heavy atom. The van der Waals surface area contributed by atoms with E-state index in [9.17, 15) is 13.2 Å². The predicted octanol–water partition coefficient (Wildman–Crippen LogP) is 3.66. The molecule has 9 heteroatoms. The summed E-state index contributed by atoms with van der Waals surface area (Å²) in [5.41, 5.74) is 4.14. The van der Waals surface area contributed by atoms with Gasteiger partial charge in [0.15, 0.2) is 0 Å². The van der Waals surface area contributed by atoms with Gasteiger partial charge in [0, 0.05) is 26.2 Å². The molecule has 0 bridgehead atoms. The summed E-state index contributed by atoms with van der Waals surface area (Å²) >= 11 is 6.57. The van der Waals surface area contributed by atoms with Gasteiger partial charge >= 0.3 is 0 Å². The summed E-state index contributed by atoms with van der Waals surface area (Å²) in [4.78, 5) is 15.1. The molecule has 0 saturated carbocycles. The van der Waals surface area contributed by atoms with Crippen LogP contribution in [0.1, 0.15) is 32.7 Å². The Labute approximate surface area is 199 Å². The molecule has 2 heterocycles. The first-order valence-electron chi connectivity index (χ1n) is 10.8. The molecule has 1 fully saturated rings. The van der Waals surface area contributed by atoms with Crippen LogP contribution in [0.4, 0.5) is 0 Å². The molecule has 0 aliphatic carbocycles. The van der Waals surface area contributed by atoms with Crippen molar-refractivity contribution in [2.45, 2.75) is 32.2 Å². The zero-order valence-corrected chi connectivity index (χ0v) is 20.5. The van der Waals surface area contributed by atoms with Gasteiger partial charge in [0.1, 0.15) is 5.15 Å². The van der Waals surface area contributed by atoms with Crippen LogP contribution < -0.4 is 0 Å². The van der Waals surface area contributed by atoms with Gasteiger partial charge in [-0.3, -0.25) is 4.79 Å². The number of sulfonamides is 1. The van der Waals surface area contributed by atoms with Gasteiger partial charge in [0.25, 0.3) is 5.91 Å². The van der Waals surface area contributed by atoms with Crippen molar-refractivity contribution in [3.05, 3.63) is 81.6 Å². The molecule has 2 aromatic carbocycles. The Bertz CT molecular complexity index is 1260. The molecular formula is C24H27ClN4O3S. The molecule has 1 aliphatic rings. The minimum Gasteiger partial charge on any atom is -0.336 e. The molecule has 1 amide bonds. The lowest BCUT2D eigenvalue weighted by molar-refractivity contribution is 0.0697. The molecule has 4 rings (SSSR count). The zero-order chi connectivity index (χ0) is 23.8. The van der Waals surface area contributed by atoms with E-state index in [1.165, 1.54) is 9.87 Å². The molecule has 0 unspecified atom stereocenters. The standard InChI is InChI=1S/C24H27ClN4O3S/c1-17-4-8-20(9-5-17)16-29-23(25)22(19(3)26-29)24(30)27-12-14-28(15-13-27)33(31,32)21-10-6-18(2)7-11-21/h4-11H,12-16H2,1-3H3. The summed E-state index contributed by atoms with van der Waals surface area (Å²) in [6.07, 6.45) is 0. The SMILES string of the molecule is Cc1ccc(Cn2nc(C)c(C(=O)N3CCN(S(=O)(=O)c4ccc(C)cc4)CC3)c2Cl)cc1. The van der Waals surface area contributed by atoms with E-state index in [1.54, 1.807) is 40.8 Å². The third kappa shape index (κ3) is 4.83. The van der Waals surface area contributed by atoms with Crippen LogP contribution in [0.25, 0.3) is 0 Å². The van der Waals surface area contributed by atoms with Crippen LogP contribution in [0.2, 0.25) is 5.15 Å². The van der Waals surface area contributed by atoms with Crippen LogP contribution in [0.15, 0.2) is 53.4 Å². The molecule has 1 aromatic heterocycles. The highest BCUT2D eigenvalue weighted by Gasteiger charge is 2.32. The summed E-state index contributed by atoms with van der Waals surface area (Å²) in [5.74, 6) is -0.222. The molecule has 7 nitrogen and oxygen atoms in total. The largest absolute Gasteiger partial charge is 0.336 e. The van der Waals surface area contributed by atoms with Crippen molar-refractivity contribution < 1.29 is 13.2 Å². The summed E-state index contributed by atoms with van der Waals surface area (Å²) in [6.45, 7) is 7.23. The van der Waals surface area contributed by atoms with E-state index in [1.807, 2.05) is 38.1 Å². The normalized spacial score (nSPS) is 15.1. The lowest BCUT2D eigenvalue weighted by Gasteiger charge is -2.34. The molecular weight excluding hydrogens is 460 g/mol. The first kappa shape index (κ1) is 23.5. The van der Waals surface area contributed by atoms with Crippen molar-refractivity contribution in [1.82, 2.24) is 19.0 Å². The molecule has 0 radical (unpaired) electrons. The van der Waals surface area contributed by atoms with Gasteiger partial charge in [0.2, 0.25) is 10.0 Å². The number of aromatic nitrogens is 2. The number of aryl methyl sites for hydroxylation is 3. The van der Waals surface area contributed by atoms with Crippen LogP contribution >= 0.6 is 11.6 Å².